The largest absolute Gasteiger partial charge is 0.481 e. The lowest BCUT2D eigenvalue weighted by Crippen LogP contribution is -2.09. The standard InChI is InChI=1S/C11H14BrNO2/c1-7-5-9(12)6-8(2)11(7)13-4-3-10(14)15/h5-6,13H,3-4H2,1-2H3,(H,14,15). The van der Waals surface area contributed by atoms with E-state index in [1.54, 1.807) is 0 Å². The zero-order chi connectivity index (χ0) is 11.4. The van der Waals surface area contributed by atoms with E-state index in [2.05, 4.69) is 21.2 Å². The van der Waals surface area contributed by atoms with Crippen LogP contribution in [0.2, 0.25) is 0 Å². The SMILES string of the molecule is Cc1cc(Br)cc(C)c1NCCC(=O)O. The fourth-order valence-corrected chi connectivity index (χ4v) is 2.17. The van der Waals surface area contributed by atoms with Gasteiger partial charge in [0, 0.05) is 16.7 Å². The molecule has 2 N–H and O–H groups in total. The smallest absolute Gasteiger partial charge is 0.305 e. The van der Waals surface area contributed by atoms with Crippen molar-refractivity contribution in [3.8, 4) is 0 Å². The van der Waals surface area contributed by atoms with Gasteiger partial charge in [-0.05, 0) is 37.1 Å². The lowest BCUT2D eigenvalue weighted by Gasteiger charge is -2.12. The number of carboxylic acids is 1. The van der Waals surface area contributed by atoms with Crippen molar-refractivity contribution in [1.82, 2.24) is 0 Å². The van der Waals surface area contributed by atoms with Gasteiger partial charge in [-0.3, -0.25) is 4.79 Å². The summed E-state index contributed by atoms with van der Waals surface area (Å²) in [5.41, 5.74) is 3.26. The van der Waals surface area contributed by atoms with Crippen molar-refractivity contribution in [3.63, 3.8) is 0 Å². The lowest BCUT2D eigenvalue weighted by molar-refractivity contribution is -0.136. The second-order valence-electron chi connectivity index (χ2n) is 3.49. The molecule has 1 rings (SSSR count). The van der Waals surface area contributed by atoms with Crippen LogP contribution < -0.4 is 5.32 Å². The quantitative estimate of drug-likeness (QED) is 0.885. The summed E-state index contributed by atoms with van der Waals surface area (Å²) < 4.78 is 1.04. The predicted molar refractivity (Wildman–Crippen MR) is 64.4 cm³/mol. The van der Waals surface area contributed by atoms with Gasteiger partial charge in [0.25, 0.3) is 0 Å². The average Bonchev–Trinajstić information content (AvgIpc) is 2.08. The predicted octanol–water partition coefficient (Wildman–Crippen LogP) is 2.95. The molecular formula is C11H14BrNO2. The third kappa shape index (κ3) is 3.55. The summed E-state index contributed by atoms with van der Waals surface area (Å²) in [4.78, 5) is 10.4. The van der Waals surface area contributed by atoms with Gasteiger partial charge in [-0.1, -0.05) is 15.9 Å². The van der Waals surface area contributed by atoms with E-state index in [1.807, 2.05) is 26.0 Å². The molecule has 4 heteroatoms. The second-order valence-corrected chi connectivity index (χ2v) is 4.40. The molecule has 0 amide bonds. The first-order chi connectivity index (χ1) is 7.00. The number of carboxylic acid groups (broad SMARTS) is 1. The first-order valence-electron chi connectivity index (χ1n) is 4.73. The van der Waals surface area contributed by atoms with Crippen LogP contribution in [0.1, 0.15) is 17.5 Å². The topological polar surface area (TPSA) is 49.3 Å². The van der Waals surface area contributed by atoms with Gasteiger partial charge in [-0.2, -0.15) is 0 Å². The highest BCUT2D eigenvalue weighted by Gasteiger charge is 2.04. The van der Waals surface area contributed by atoms with Gasteiger partial charge in [-0.15, -0.1) is 0 Å². The Kier molecular flexibility index (Phi) is 4.15. The van der Waals surface area contributed by atoms with Crippen LogP contribution in [0.25, 0.3) is 0 Å². The van der Waals surface area contributed by atoms with E-state index in [1.165, 1.54) is 0 Å². The van der Waals surface area contributed by atoms with E-state index >= 15 is 0 Å². The fraction of sp³-hybridized carbons (Fsp3) is 0.364. The minimum absolute atomic E-state index is 0.134. The molecule has 82 valence electrons. The Morgan fingerprint density at radius 1 is 1.40 bits per heavy atom. The zero-order valence-electron chi connectivity index (χ0n) is 8.80. The molecule has 0 unspecified atom stereocenters. The highest BCUT2D eigenvalue weighted by molar-refractivity contribution is 9.10. The summed E-state index contributed by atoms with van der Waals surface area (Å²) in [6.45, 7) is 4.46. The van der Waals surface area contributed by atoms with Crippen LogP contribution in [-0.2, 0) is 4.79 Å². The van der Waals surface area contributed by atoms with Gasteiger partial charge in [0.1, 0.15) is 0 Å². The molecule has 0 aliphatic rings. The number of hydrogen-bond acceptors (Lipinski definition) is 2. The summed E-state index contributed by atoms with van der Waals surface area (Å²) in [7, 11) is 0. The van der Waals surface area contributed by atoms with Crippen molar-refractivity contribution in [3.05, 3.63) is 27.7 Å². The molecular weight excluding hydrogens is 258 g/mol. The molecule has 0 spiro atoms. The highest BCUT2D eigenvalue weighted by atomic mass is 79.9. The van der Waals surface area contributed by atoms with Gasteiger partial charge in [-0.25, -0.2) is 0 Å². The molecule has 0 fully saturated rings. The van der Waals surface area contributed by atoms with Gasteiger partial charge in [0.05, 0.1) is 6.42 Å². The van der Waals surface area contributed by atoms with E-state index in [9.17, 15) is 4.79 Å². The monoisotopic (exact) mass is 271 g/mol. The Balaban J connectivity index is 2.72. The van der Waals surface area contributed by atoms with Crippen LogP contribution in [0.15, 0.2) is 16.6 Å². The summed E-state index contributed by atoms with van der Waals surface area (Å²) >= 11 is 3.42. The number of carbonyl (C=O) groups is 1. The van der Waals surface area contributed by atoms with Crippen molar-refractivity contribution in [2.45, 2.75) is 20.3 Å². The summed E-state index contributed by atoms with van der Waals surface area (Å²) in [5.74, 6) is -0.782. The van der Waals surface area contributed by atoms with Gasteiger partial charge < -0.3 is 10.4 Å². The molecule has 1 aromatic carbocycles. The summed E-state index contributed by atoms with van der Waals surface area (Å²) in [6, 6.07) is 4.02. The fourth-order valence-electron chi connectivity index (χ4n) is 1.48. The summed E-state index contributed by atoms with van der Waals surface area (Å²) in [5, 5.41) is 11.7. The molecule has 0 radical (unpaired) electrons. The van der Waals surface area contributed by atoms with Crippen LogP contribution >= 0.6 is 15.9 Å². The Bertz CT molecular complexity index is 354. The molecule has 0 aliphatic carbocycles. The van der Waals surface area contributed by atoms with Gasteiger partial charge in [0.15, 0.2) is 0 Å². The van der Waals surface area contributed by atoms with Crippen LogP contribution in [0, 0.1) is 13.8 Å². The van der Waals surface area contributed by atoms with Gasteiger partial charge >= 0.3 is 5.97 Å². The Morgan fingerprint density at radius 2 is 1.93 bits per heavy atom. The number of nitrogens with one attached hydrogen (secondary N) is 1. The van der Waals surface area contributed by atoms with Gasteiger partial charge in [0.2, 0.25) is 0 Å². The number of halogens is 1. The third-order valence-corrected chi connectivity index (χ3v) is 2.60. The van der Waals surface area contributed by atoms with E-state index in [0.29, 0.717) is 6.54 Å². The highest BCUT2D eigenvalue weighted by Crippen LogP contribution is 2.24. The molecule has 0 saturated heterocycles. The van der Waals surface area contributed by atoms with Crippen molar-refractivity contribution >= 4 is 27.6 Å². The van der Waals surface area contributed by atoms with E-state index in [0.717, 1.165) is 21.3 Å². The second kappa shape index (κ2) is 5.16. The molecule has 0 aliphatic heterocycles. The molecule has 0 bridgehead atoms. The Labute approximate surface area is 97.6 Å². The number of rotatable bonds is 4. The van der Waals surface area contributed by atoms with E-state index in [4.69, 9.17) is 5.11 Å². The zero-order valence-corrected chi connectivity index (χ0v) is 10.4. The average molecular weight is 272 g/mol. The van der Waals surface area contributed by atoms with Crippen LogP contribution in [0.5, 0.6) is 0 Å². The first kappa shape index (κ1) is 12.0. The number of benzene rings is 1. The van der Waals surface area contributed by atoms with Crippen molar-refractivity contribution < 1.29 is 9.90 Å². The van der Waals surface area contributed by atoms with E-state index < -0.39 is 5.97 Å². The number of anilines is 1. The molecule has 3 nitrogen and oxygen atoms in total. The first-order valence-corrected chi connectivity index (χ1v) is 5.52. The van der Waals surface area contributed by atoms with Crippen molar-refractivity contribution in [2.24, 2.45) is 0 Å². The minimum Gasteiger partial charge on any atom is -0.481 e. The Morgan fingerprint density at radius 3 is 2.40 bits per heavy atom. The molecule has 15 heavy (non-hydrogen) atoms. The van der Waals surface area contributed by atoms with E-state index in [-0.39, 0.29) is 6.42 Å². The maximum absolute atomic E-state index is 10.4. The normalized spacial score (nSPS) is 10.1. The summed E-state index contributed by atoms with van der Waals surface area (Å²) in [6.07, 6.45) is 0.134. The lowest BCUT2D eigenvalue weighted by atomic mass is 10.1. The van der Waals surface area contributed by atoms with Crippen LogP contribution in [0.4, 0.5) is 5.69 Å². The number of aryl methyl sites for hydroxylation is 2. The Hall–Kier alpha value is -1.03. The maximum atomic E-state index is 10.4. The molecule has 0 saturated carbocycles. The van der Waals surface area contributed by atoms with Crippen LogP contribution in [-0.4, -0.2) is 17.6 Å². The number of hydrogen-bond donors (Lipinski definition) is 2. The maximum Gasteiger partial charge on any atom is 0.305 e. The van der Waals surface area contributed by atoms with Crippen LogP contribution in [0.3, 0.4) is 0 Å². The number of aliphatic carboxylic acids is 1. The minimum atomic E-state index is -0.782. The molecule has 0 atom stereocenters. The third-order valence-electron chi connectivity index (χ3n) is 2.14. The molecule has 0 aromatic heterocycles. The molecule has 0 heterocycles. The molecule has 1 aromatic rings. The van der Waals surface area contributed by atoms with Crippen molar-refractivity contribution in [2.75, 3.05) is 11.9 Å². The van der Waals surface area contributed by atoms with Crippen molar-refractivity contribution in [1.29, 1.82) is 0 Å².